The second-order valence-corrected chi connectivity index (χ2v) is 5.12. The Hall–Kier alpha value is -0.830. The molecule has 0 radical (unpaired) electrons. The van der Waals surface area contributed by atoms with Crippen LogP contribution in [0.3, 0.4) is 0 Å². The van der Waals surface area contributed by atoms with Crippen LogP contribution in [0, 0.1) is 5.92 Å². The van der Waals surface area contributed by atoms with Gasteiger partial charge in [-0.15, -0.1) is 0 Å². The molecule has 1 aromatic heterocycles. The number of nitrogens with two attached hydrogens (primary N) is 1. The normalized spacial score (nSPS) is 18.5. The lowest BCUT2D eigenvalue weighted by Gasteiger charge is -2.07. The van der Waals surface area contributed by atoms with Gasteiger partial charge >= 0.3 is 0 Å². The van der Waals surface area contributed by atoms with Crippen LogP contribution in [0.4, 0.5) is 0 Å². The van der Waals surface area contributed by atoms with E-state index >= 15 is 0 Å². The zero-order chi connectivity index (χ0) is 11.0. The van der Waals surface area contributed by atoms with Crippen LogP contribution >= 0.6 is 0 Å². The lowest BCUT2D eigenvalue weighted by Crippen LogP contribution is -2.12. The fraction of sp³-hybridized carbons (Fsp3) is 0.750. The molecule has 1 atom stereocenters. The molecule has 15 heavy (non-hydrogen) atoms. The average Bonchev–Trinajstić information content (AvgIpc) is 2.87. The van der Waals surface area contributed by atoms with Crippen LogP contribution in [0.5, 0.6) is 0 Å². The summed E-state index contributed by atoms with van der Waals surface area (Å²) in [5.74, 6) is 0.661. The number of hydrogen-bond donors (Lipinski definition) is 1. The van der Waals surface area contributed by atoms with Gasteiger partial charge in [-0.05, 0) is 38.2 Å². The van der Waals surface area contributed by atoms with Crippen LogP contribution in [0.1, 0.15) is 57.1 Å². The van der Waals surface area contributed by atoms with Gasteiger partial charge < -0.3 is 5.73 Å². The second-order valence-electron chi connectivity index (χ2n) is 5.12. The first-order valence-corrected chi connectivity index (χ1v) is 5.92. The topological polar surface area (TPSA) is 43.8 Å². The van der Waals surface area contributed by atoms with E-state index in [2.05, 4.69) is 29.7 Å². The van der Waals surface area contributed by atoms with Crippen molar-refractivity contribution in [3.63, 3.8) is 0 Å². The van der Waals surface area contributed by atoms with Crippen molar-refractivity contribution in [2.24, 2.45) is 11.7 Å². The molecule has 0 aromatic carbocycles. The molecule has 0 bridgehead atoms. The van der Waals surface area contributed by atoms with E-state index in [1.165, 1.54) is 24.2 Å². The van der Waals surface area contributed by atoms with E-state index in [0.717, 1.165) is 6.42 Å². The maximum absolute atomic E-state index is 5.96. The molecule has 1 aliphatic rings. The molecule has 1 heterocycles. The number of nitrogens with zero attached hydrogens (tertiary/aromatic N) is 2. The molecule has 0 unspecified atom stereocenters. The fourth-order valence-electron chi connectivity index (χ4n) is 1.93. The molecule has 3 heteroatoms. The van der Waals surface area contributed by atoms with Crippen LogP contribution < -0.4 is 5.73 Å². The number of rotatable bonds is 4. The van der Waals surface area contributed by atoms with Crippen molar-refractivity contribution >= 4 is 0 Å². The minimum atomic E-state index is 0.0963. The summed E-state index contributed by atoms with van der Waals surface area (Å²) in [6.07, 6.45) is 3.59. The summed E-state index contributed by atoms with van der Waals surface area (Å²) in [4.78, 5) is 0. The van der Waals surface area contributed by atoms with Gasteiger partial charge in [0.25, 0.3) is 0 Å². The third kappa shape index (κ3) is 2.40. The first-order valence-electron chi connectivity index (χ1n) is 5.92. The first kappa shape index (κ1) is 10.7. The van der Waals surface area contributed by atoms with E-state index in [1.807, 2.05) is 6.92 Å². The SMILES string of the molecule is CC(C)Cc1cc([C@H](C)N)n(C2CC2)n1. The summed E-state index contributed by atoms with van der Waals surface area (Å²) in [5, 5.41) is 4.67. The van der Waals surface area contributed by atoms with E-state index < -0.39 is 0 Å². The maximum Gasteiger partial charge on any atom is 0.0630 e. The van der Waals surface area contributed by atoms with Gasteiger partial charge in [0, 0.05) is 6.04 Å². The molecule has 0 aliphatic heterocycles. The highest BCUT2D eigenvalue weighted by molar-refractivity contribution is 5.16. The van der Waals surface area contributed by atoms with Crippen LogP contribution in [-0.4, -0.2) is 9.78 Å². The summed E-state index contributed by atoms with van der Waals surface area (Å²) in [6.45, 7) is 6.48. The van der Waals surface area contributed by atoms with Crippen molar-refractivity contribution in [1.29, 1.82) is 0 Å². The smallest absolute Gasteiger partial charge is 0.0630 e. The third-order valence-corrected chi connectivity index (χ3v) is 2.79. The molecule has 0 spiro atoms. The molecular formula is C12H21N3. The predicted octanol–water partition coefficient (Wildman–Crippen LogP) is 2.44. The highest BCUT2D eigenvalue weighted by Gasteiger charge is 2.28. The zero-order valence-corrected chi connectivity index (χ0v) is 9.90. The third-order valence-electron chi connectivity index (χ3n) is 2.79. The molecular weight excluding hydrogens is 186 g/mol. The van der Waals surface area contributed by atoms with Gasteiger partial charge in [-0.25, -0.2) is 0 Å². The van der Waals surface area contributed by atoms with E-state index in [0.29, 0.717) is 12.0 Å². The standard InChI is InChI=1S/C12H21N3/c1-8(2)6-10-7-12(9(3)13)15(14-10)11-4-5-11/h7-9,11H,4-6,13H2,1-3H3/t9-/m0/s1. The van der Waals surface area contributed by atoms with Gasteiger partial charge in [-0.3, -0.25) is 4.68 Å². The highest BCUT2D eigenvalue weighted by atomic mass is 15.3. The summed E-state index contributed by atoms with van der Waals surface area (Å²) in [5.41, 5.74) is 8.36. The van der Waals surface area contributed by atoms with Crippen molar-refractivity contribution in [3.8, 4) is 0 Å². The Bertz CT molecular complexity index is 315. The Morgan fingerprint density at radius 1 is 1.47 bits per heavy atom. The van der Waals surface area contributed by atoms with E-state index in [-0.39, 0.29) is 6.04 Å². The minimum Gasteiger partial charge on any atom is -0.323 e. The second kappa shape index (κ2) is 3.97. The zero-order valence-electron chi connectivity index (χ0n) is 9.90. The van der Waals surface area contributed by atoms with Crippen LogP contribution in [-0.2, 0) is 6.42 Å². The van der Waals surface area contributed by atoms with Gasteiger partial charge in [-0.1, -0.05) is 13.8 Å². The van der Waals surface area contributed by atoms with Crippen molar-refractivity contribution < 1.29 is 0 Å². The quantitative estimate of drug-likeness (QED) is 0.824. The maximum atomic E-state index is 5.96. The predicted molar refractivity (Wildman–Crippen MR) is 61.6 cm³/mol. The Morgan fingerprint density at radius 2 is 2.13 bits per heavy atom. The number of aromatic nitrogens is 2. The lowest BCUT2D eigenvalue weighted by atomic mass is 10.1. The first-order chi connectivity index (χ1) is 7.08. The van der Waals surface area contributed by atoms with Gasteiger partial charge in [-0.2, -0.15) is 5.10 Å². The van der Waals surface area contributed by atoms with Gasteiger partial charge in [0.2, 0.25) is 0 Å². The van der Waals surface area contributed by atoms with E-state index in [4.69, 9.17) is 5.73 Å². The van der Waals surface area contributed by atoms with E-state index in [9.17, 15) is 0 Å². The van der Waals surface area contributed by atoms with Crippen molar-refractivity contribution in [2.75, 3.05) is 0 Å². The molecule has 2 N–H and O–H groups in total. The summed E-state index contributed by atoms with van der Waals surface area (Å²) in [7, 11) is 0. The Balaban J connectivity index is 2.23. The fourth-order valence-corrected chi connectivity index (χ4v) is 1.93. The Labute approximate surface area is 91.7 Å². The monoisotopic (exact) mass is 207 g/mol. The molecule has 0 amide bonds. The van der Waals surface area contributed by atoms with Gasteiger partial charge in [0.05, 0.1) is 17.4 Å². The molecule has 3 nitrogen and oxygen atoms in total. The summed E-state index contributed by atoms with van der Waals surface area (Å²) >= 11 is 0. The molecule has 0 saturated heterocycles. The van der Waals surface area contributed by atoms with Gasteiger partial charge in [0.15, 0.2) is 0 Å². The van der Waals surface area contributed by atoms with Crippen LogP contribution in [0.25, 0.3) is 0 Å². The van der Waals surface area contributed by atoms with Crippen molar-refractivity contribution in [3.05, 3.63) is 17.5 Å². The largest absolute Gasteiger partial charge is 0.323 e. The molecule has 1 aliphatic carbocycles. The molecule has 84 valence electrons. The van der Waals surface area contributed by atoms with Crippen LogP contribution in [0.15, 0.2) is 6.07 Å². The molecule has 1 aromatic rings. The van der Waals surface area contributed by atoms with E-state index in [1.54, 1.807) is 0 Å². The Morgan fingerprint density at radius 3 is 2.60 bits per heavy atom. The van der Waals surface area contributed by atoms with Crippen molar-refractivity contribution in [1.82, 2.24) is 9.78 Å². The highest BCUT2D eigenvalue weighted by Crippen LogP contribution is 2.36. The minimum absolute atomic E-state index is 0.0963. The average molecular weight is 207 g/mol. The molecule has 1 saturated carbocycles. The molecule has 1 fully saturated rings. The number of hydrogen-bond acceptors (Lipinski definition) is 2. The Kier molecular flexibility index (Phi) is 2.83. The van der Waals surface area contributed by atoms with Crippen LogP contribution in [0.2, 0.25) is 0 Å². The van der Waals surface area contributed by atoms with Gasteiger partial charge in [0.1, 0.15) is 0 Å². The van der Waals surface area contributed by atoms with Crippen molar-refractivity contribution in [2.45, 2.75) is 52.1 Å². The summed E-state index contributed by atoms with van der Waals surface area (Å²) < 4.78 is 2.16. The lowest BCUT2D eigenvalue weighted by molar-refractivity contribution is 0.559. The molecule has 2 rings (SSSR count). The summed E-state index contributed by atoms with van der Waals surface area (Å²) in [6, 6.07) is 2.91.